The van der Waals surface area contributed by atoms with Crippen molar-refractivity contribution in [1.29, 1.82) is 0 Å². The van der Waals surface area contributed by atoms with Crippen molar-refractivity contribution in [3.63, 3.8) is 0 Å². The normalized spacial score (nSPS) is 13.2. The number of ether oxygens (including phenoxy) is 2. The largest absolute Gasteiger partial charge is 0.497 e. The molecule has 8 heteroatoms. The maximum absolute atomic E-state index is 13.0. The summed E-state index contributed by atoms with van der Waals surface area (Å²) in [5, 5.41) is 2.93. The number of esters is 1. The number of hydrogen-bond donors (Lipinski definition) is 1. The molecule has 0 aromatic heterocycles. The van der Waals surface area contributed by atoms with Crippen LogP contribution in [0.3, 0.4) is 0 Å². The first kappa shape index (κ1) is 23.8. The fraction of sp³-hybridized carbons (Fsp3) is 0.222. The van der Waals surface area contributed by atoms with Gasteiger partial charge in [0.2, 0.25) is 0 Å². The highest BCUT2D eigenvalue weighted by Gasteiger charge is 2.24. The monoisotopic (exact) mass is 473 g/mol. The molecule has 8 nitrogen and oxygen atoms in total. The van der Waals surface area contributed by atoms with Crippen LogP contribution >= 0.6 is 0 Å². The number of anilines is 2. The molecule has 0 radical (unpaired) electrons. The minimum atomic E-state index is -0.494. The Balaban J connectivity index is 1.55. The summed E-state index contributed by atoms with van der Waals surface area (Å²) in [6.07, 6.45) is 0. The fourth-order valence-corrected chi connectivity index (χ4v) is 4.03. The van der Waals surface area contributed by atoms with E-state index in [1.54, 1.807) is 42.5 Å². The summed E-state index contributed by atoms with van der Waals surface area (Å²) in [6.45, 7) is 2.24. The van der Waals surface area contributed by atoms with Crippen LogP contribution < -0.4 is 15.0 Å². The van der Waals surface area contributed by atoms with Crippen LogP contribution in [0, 0.1) is 0 Å². The van der Waals surface area contributed by atoms with Gasteiger partial charge in [-0.2, -0.15) is 0 Å². The van der Waals surface area contributed by atoms with Gasteiger partial charge in [-0.25, -0.2) is 4.79 Å². The van der Waals surface area contributed by atoms with E-state index in [2.05, 4.69) is 10.2 Å². The second kappa shape index (κ2) is 10.7. The number of nitrogens with zero attached hydrogens (tertiary/aromatic N) is 2. The average Bonchev–Trinajstić information content (AvgIpc) is 2.92. The van der Waals surface area contributed by atoms with E-state index in [9.17, 15) is 14.4 Å². The summed E-state index contributed by atoms with van der Waals surface area (Å²) in [5.74, 6) is -0.255. The maximum atomic E-state index is 13.0. The Morgan fingerprint density at radius 1 is 0.771 bits per heavy atom. The van der Waals surface area contributed by atoms with Gasteiger partial charge in [-0.3, -0.25) is 9.59 Å². The van der Waals surface area contributed by atoms with Gasteiger partial charge in [0.05, 0.1) is 31.2 Å². The molecule has 1 heterocycles. The zero-order valence-electron chi connectivity index (χ0n) is 19.7. The number of benzene rings is 3. The molecule has 1 saturated heterocycles. The first-order valence-electron chi connectivity index (χ1n) is 11.3. The molecule has 1 aliphatic rings. The van der Waals surface area contributed by atoms with Crippen molar-refractivity contribution >= 4 is 29.2 Å². The highest BCUT2D eigenvalue weighted by molar-refractivity contribution is 6.07. The number of carbonyl (C=O) groups is 3. The van der Waals surface area contributed by atoms with Gasteiger partial charge in [0.15, 0.2) is 0 Å². The van der Waals surface area contributed by atoms with Crippen molar-refractivity contribution in [2.75, 3.05) is 50.6 Å². The van der Waals surface area contributed by atoms with Crippen molar-refractivity contribution in [3.05, 3.63) is 89.5 Å². The third kappa shape index (κ3) is 5.43. The average molecular weight is 474 g/mol. The molecule has 0 bridgehead atoms. The predicted octanol–water partition coefficient (Wildman–Crippen LogP) is 3.70. The van der Waals surface area contributed by atoms with E-state index >= 15 is 0 Å². The van der Waals surface area contributed by atoms with E-state index in [-0.39, 0.29) is 11.8 Å². The third-order valence-corrected chi connectivity index (χ3v) is 5.93. The van der Waals surface area contributed by atoms with Gasteiger partial charge in [-0.15, -0.1) is 0 Å². The van der Waals surface area contributed by atoms with Crippen LogP contribution in [0.15, 0.2) is 72.8 Å². The summed E-state index contributed by atoms with van der Waals surface area (Å²) in [5.41, 5.74) is 2.67. The van der Waals surface area contributed by atoms with Gasteiger partial charge < -0.3 is 24.6 Å². The lowest BCUT2D eigenvalue weighted by Gasteiger charge is -2.37. The van der Waals surface area contributed by atoms with E-state index in [0.29, 0.717) is 54.3 Å². The molecule has 0 atom stereocenters. The lowest BCUT2D eigenvalue weighted by Crippen LogP contribution is -2.49. The number of rotatable bonds is 6. The summed E-state index contributed by atoms with van der Waals surface area (Å²) in [4.78, 5) is 41.9. The third-order valence-electron chi connectivity index (χ3n) is 5.93. The Morgan fingerprint density at radius 2 is 1.49 bits per heavy atom. The van der Waals surface area contributed by atoms with Crippen LogP contribution in [0.25, 0.3) is 0 Å². The topological polar surface area (TPSA) is 88.2 Å². The number of piperazine rings is 1. The molecule has 3 aromatic carbocycles. The smallest absolute Gasteiger partial charge is 0.337 e. The van der Waals surface area contributed by atoms with Crippen LogP contribution in [0.5, 0.6) is 5.75 Å². The molecule has 1 fully saturated rings. The molecule has 0 unspecified atom stereocenters. The SMILES string of the molecule is COC(=O)c1ccc(N2CCN(C(=O)c3ccccc3)CC2)c(NC(=O)c2cccc(OC)c2)c1. The van der Waals surface area contributed by atoms with Crippen LogP contribution in [0.2, 0.25) is 0 Å². The summed E-state index contributed by atoms with van der Waals surface area (Å²) >= 11 is 0. The molecule has 180 valence electrons. The van der Waals surface area contributed by atoms with Crippen LogP contribution in [0.1, 0.15) is 31.1 Å². The number of methoxy groups -OCH3 is 2. The minimum Gasteiger partial charge on any atom is -0.497 e. The molecule has 0 saturated carbocycles. The quantitative estimate of drug-likeness (QED) is 0.550. The summed E-state index contributed by atoms with van der Waals surface area (Å²) in [7, 11) is 2.85. The molecule has 0 aliphatic carbocycles. The lowest BCUT2D eigenvalue weighted by atomic mass is 10.1. The number of amides is 2. The maximum Gasteiger partial charge on any atom is 0.337 e. The van der Waals surface area contributed by atoms with Crippen LogP contribution in [-0.4, -0.2) is 63.1 Å². The second-order valence-corrected chi connectivity index (χ2v) is 8.05. The highest BCUT2D eigenvalue weighted by atomic mass is 16.5. The summed E-state index contributed by atoms with van der Waals surface area (Å²) < 4.78 is 10.1. The van der Waals surface area contributed by atoms with E-state index in [1.807, 2.05) is 35.2 Å². The molecule has 0 spiro atoms. The van der Waals surface area contributed by atoms with Crippen molar-refractivity contribution < 1.29 is 23.9 Å². The molecule has 3 aromatic rings. The van der Waals surface area contributed by atoms with Gasteiger partial charge in [0, 0.05) is 37.3 Å². The molecule has 35 heavy (non-hydrogen) atoms. The van der Waals surface area contributed by atoms with Crippen molar-refractivity contribution in [2.24, 2.45) is 0 Å². The Labute approximate surface area is 204 Å². The fourth-order valence-electron chi connectivity index (χ4n) is 4.03. The number of nitrogens with one attached hydrogen (secondary N) is 1. The van der Waals surface area contributed by atoms with Gasteiger partial charge >= 0.3 is 5.97 Å². The Bertz CT molecular complexity index is 1220. The van der Waals surface area contributed by atoms with Gasteiger partial charge in [-0.1, -0.05) is 24.3 Å². The Hall–Kier alpha value is -4.33. The van der Waals surface area contributed by atoms with Gasteiger partial charge in [-0.05, 0) is 48.5 Å². The van der Waals surface area contributed by atoms with Crippen molar-refractivity contribution in [3.8, 4) is 5.75 Å². The molecule has 1 aliphatic heterocycles. The first-order valence-corrected chi connectivity index (χ1v) is 11.3. The van der Waals surface area contributed by atoms with Gasteiger partial charge in [0.1, 0.15) is 5.75 Å². The van der Waals surface area contributed by atoms with Crippen LogP contribution in [0.4, 0.5) is 11.4 Å². The zero-order valence-corrected chi connectivity index (χ0v) is 19.7. The highest BCUT2D eigenvalue weighted by Crippen LogP contribution is 2.30. The van der Waals surface area contributed by atoms with Gasteiger partial charge in [0.25, 0.3) is 11.8 Å². The number of hydrogen-bond acceptors (Lipinski definition) is 6. The van der Waals surface area contributed by atoms with E-state index < -0.39 is 5.97 Å². The molecule has 2 amide bonds. The number of carbonyl (C=O) groups excluding carboxylic acids is 3. The Morgan fingerprint density at radius 3 is 2.17 bits per heavy atom. The van der Waals surface area contributed by atoms with E-state index in [4.69, 9.17) is 9.47 Å². The summed E-state index contributed by atoms with van der Waals surface area (Å²) in [6, 6.07) is 21.1. The second-order valence-electron chi connectivity index (χ2n) is 8.05. The lowest BCUT2D eigenvalue weighted by molar-refractivity contribution is 0.0600. The van der Waals surface area contributed by atoms with Crippen molar-refractivity contribution in [1.82, 2.24) is 4.90 Å². The van der Waals surface area contributed by atoms with Crippen molar-refractivity contribution in [2.45, 2.75) is 0 Å². The molecule has 1 N–H and O–H groups in total. The standard InChI is InChI=1S/C27H27N3O5/c1-34-22-10-6-9-20(17-22)25(31)28-23-18-21(27(33)35-2)11-12-24(23)29-13-15-30(16-14-29)26(32)19-7-4-3-5-8-19/h3-12,17-18H,13-16H2,1-2H3,(H,28,31). The van der Waals surface area contributed by atoms with E-state index in [0.717, 1.165) is 5.69 Å². The van der Waals surface area contributed by atoms with E-state index in [1.165, 1.54) is 14.2 Å². The zero-order chi connectivity index (χ0) is 24.8. The molecular formula is C27H27N3O5. The predicted molar refractivity (Wildman–Crippen MR) is 133 cm³/mol. The molecule has 4 rings (SSSR count). The minimum absolute atomic E-state index is 0.00200. The van der Waals surface area contributed by atoms with Crippen LogP contribution in [-0.2, 0) is 4.74 Å². The first-order chi connectivity index (χ1) is 17.0. The Kier molecular flexibility index (Phi) is 7.30. The molecular weight excluding hydrogens is 446 g/mol.